The van der Waals surface area contributed by atoms with Crippen molar-refractivity contribution < 1.29 is 19.0 Å². The van der Waals surface area contributed by atoms with E-state index >= 15 is 0 Å². The number of aromatic nitrogens is 3. The van der Waals surface area contributed by atoms with Crippen LogP contribution in [0.1, 0.15) is 10.6 Å². The van der Waals surface area contributed by atoms with Crippen LogP contribution in [0, 0.1) is 0 Å². The molecule has 0 saturated carbocycles. The van der Waals surface area contributed by atoms with Crippen LogP contribution >= 0.6 is 0 Å². The van der Waals surface area contributed by atoms with Crippen LogP contribution in [0.3, 0.4) is 0 Å². The van der Waals surface area contributed by atoms with E-state index in [1.165, 1.54) is 18.1 Å². The summed E-state index contributed by atoms with van der Waals surface area (Å²) < 4.78 is 16.7. The lowest BCUT2D eigenvalue weighted by molar-refractivity contribution is 0.0586. The monoisotopic (exact) mass is 277 g/mol. The lowest BCUT2D eigenvalue weighted by Crippen LogP contribution is -2.10. The minimum Gasteiger partial charge on any atom is -0.497 e. The topological polar surface area (TPSA) is 75.5 Å². The van der Waals surface area contributed by atoms with Crippen LogP contribution in [-0.4, -0.2) is 41.6 Å². The number of rotatable bonds is 6. The number of benzene rings is 1. The van der Waals surface area contributed by atoms with Crippen LogP contribution in [0.4, 0.5) is 0 Å². The first-order chi connectivity index (χ1) is 9.72. The lowest BCUT2D eigenvalue weighted by Gasteiger charge is -2.06. The molecule has 0 aliphatic carbocycles. The molecule has 0 N–H and O–H groups in total. The van der Waals surface area contributed by atoms with Gasteiger partial charge in [-0.1, -0.05) is 0 Å². The normalized spacial score (nSPS) is 10.1. The molecule has 2 rings (SSSR count). The van der Waals surface area contributed by atoms with Gasteiger partial charge in [0.2, 0.25) is 0 Å². The first-order valence-corrected chi connectivity index (χ1v) is 5.97. The van der Waals surface area contributed by atoms with Gasteiger partial charge in [-0.25, -0.2) is 14.5 Å². The Hall–Kier alpha value is -2.57. The molecule has 1 heterocycles. The van der Waals surface area contributed by atoms with Crippen LogP contribution < -0.4 is 9.47 Å². The largest absolute Gasteiger partial charge is 0.497 e. The van der Waals surface area contributed by atoms with Gasteiger partial charge in [-0.3, -0.25) is 0 Å². The van der Waals surface area contributed by atoms with Gasteiger partial charge < -0.3 is 14.2 Å². The summed E-state index contributed by atoms with van der Waals surface area (Å²) >= 11 is 0. The number of carbonyl (C=O) groups excluding carboxylic acids is 1. The third-order valence-corrected chi connectivity index (χ3v) is 2.55. The molecule has 7 nitrogen and oxygen atoms in total. The highest BCUT2D eigenvalue weighted by atomic mass is 16.5. The fourth-order valence-electron chi connectivity index (χ4n) is 1.52. The van der Waals surface area contributed by atoms with Crippen molar-refractivity contribution >= 4 is 5.97 Å². The molecule has 0 unspecified atom stereocenters. The van der Waals surface area contributed by atoms with Crippen molar-refractivity contribution in [2.45, 2.75) is 6.54 Å². The van der Waals surface area contributed by atoms with E-state index in [9.17, 15) is 4.79 Å². The van der Waals surface area contributed by atoms with E-state index in [1.54, 1.807) is 7.11 Å². The van der Waals surface area contributed by atoms with Crippen molar-refractivity contribution in [2.75, 3.05) is 20.8 Å². The zero-order valence-corrected chi connectivity index (χ0v) is 11.3. The Morgan fingerprint density at radius 1 is 1.20 bits per heavy atom. The Balaban J connectivity index is 1.83. The highest BCUT2D eigenvalue weighted by molar-refractivity contribution is 5.84. The Kier molecular flexibility index (Phi) is 4.54. The first kappa shape index (κ1) is 13.9. The summed E-state index contributed by atoms with van der Waals surface area (Å²) in [4.78, 5) is 15.0. The summed E-state index contributed by atoms with van der Waals surface area (Å²) in [6.07, 6.45) is 1.46. The molecule has 0 aliphatic rings. The predicted molar refractivity (Wildman–Crippen MR) is 69.9 cm³/mol. The summed E-state index contributed by atoms with van der Waals surface area (Å²) in [5.41, 5.74) is 0. The van der Waals surface area contributed by atoms with E-state index in [0.29, 0.717) is 13.2 Å². The summed E-state index contributed by atoms with van der Waals surface area (Å²) in [6.45, 7) is 0.895. The number of hydrogen-bond donors (Lipinski definition) is 0. The molecule has 0 atom stereocenters. The second-order valence-corrected chi connectivity index (χ2v) is 3.85. The van der Waals surface area contributed by atoms with E-state index in [0.717, 1.165) is 11.5 Å². The first-order valence-electron chi connectivity index (χ1n) is 5.97. The Morgan fingerprint density at radius 3 is 2.55 bits per heavy atom. The number of carbonyl (C=O) groups is 1. The van der Waals surface area contributed by atoms with E-state index in [-0.39, 0.29) is 5.82 Å². The second kappa shape index (κ2) is 6.55. The molecule has 0 saturated heterocycles. The standard InChI is InChI=1S/C13H15N3O4/c1-18-10-3-5-11(6-4-10)20-8-7-16-9-14-12(15-16)13(17)19-2/h3-6,9H,7-8H2,1-2H3. The van der Waals surface area contributed by atoms with E-state index in [4.69, 9.17) is 9.47 Å². The molecule has 0 fully saturated rings. The molecule has 0 radical (unpaired) electrons. The molecule has 0 spiro atoms. The number of esters is 1. The fourth-order valence-corrected chi connectivity index (χ4v) is 1.52. The van der Waals surface area contributed by atoms with Crippen molar-refractivity contribution in [3.05, 3.63) is 36.4 Å². The second-order valence-electron chi connectivity index (χ2n) is 3.85. The highest BCUT2D eigenvalue weighted by Gasteiger charge is 2.10. The van der Waals surface area contributed by atoms with Crippen molar-refractivity contribution in [3.8, 4) is 11.5 Å². The molecular formula is C13H15N3O4. The smallest absolute Gasteiger partial charge is 0.377 e. The van der Waals surface area contributed by atoms with Gasteiger partial charge in [0.25, 0.3) is 5.82 Å². The van der Waals surface area contributed by atoms with Crippen molar-refractivity contribution in [3.63, 3.8) is 0 Å². The minimum absolute atomic E-state index is 0.0388. The molecule has 0 aliphatic heterocycles. The van der Waals surface area contributed by atoms with Gasteiger partial charge in [0.15, 0.2) is 0 Å². The SMILES string of the molecule is COC(=O)c1ncn(CCOc2ccc(OC)cc2)n1. The van der Waals surface area contributed by atoms with E-state index in [2.05, 4.69) is 14.8 Å². The third-order valence-electron chi connectivity index (χ3n) is 2.55. The van der Waals surface area contributed by atoms with Gasteiger partial charge in [-0.15, -0.1) is 5.10 Å². The molecule has 20 heavy (non-hydrogen) atoms. The highest BCUT2D eigenvalue weighted by Crippen LogP contribution is 2.16. The fraction of sp³-hybridized carbons (Fsp3) is 0.308. The minimum atomic E-state index is -0.556. The predicted octanol–water partition coefficient (Wildman–Crippen LogP) is 1.15. The quantitative estimate of drug-likeness (QED) is 0.737. The zero-order valence-electron chi connectivity index (χ0n) is 11.3. The Morgan fingerprint density at radius 2 is 1.90 bits per heavy atom. The average molecular weight is 277 g/mol. The number of ether oxygens (including phenoxy) is 3. The molecule has 0 bridgehead atoms. The van der Waals surface area contributed by atoms with Crippen molar-refractivity contribution in [2.24, 2.45) is 0 Å². The summed E-state index contributed by atoms with van der Waals surface area (Å²) in [7, 11) is 2.90. The number of methoxy groups -OCH3 is 2. The van der Waals surface area contributed by atoms with Gasteiger partial charge in [0.1, 0.15) is 24.4 Å². The summed E-state index contributed by atoms with van der Waals surface area (Å²) in [5.74, 6) is 0.993. The van der Waals surface area contributed by atoms with Gasteiger partial charge in [0, 0.05) is 0 Å². The van der Waals surface area contributed by atoms with Crippen LogP contribution in [0.25, 0.3) is 0 Å². The maximum Gasteiger partial charge on any atom is 0.377 e. The average Bonchev–Trinajstić information content (AvgIpc) is 2.96. The number of nitrogens with zero attached hydrogens (tertiary/aromatic N) is 3. The van der Waals surface area contributed by atoms with Crippen LogP contribution in [0.15, 0.2) is 30.6 Å². The molecule has 2 aromatic rings. The van der Waals surface area contributed by atoms with Crippen molar-refractivity contribution in [1.29, 1.82) is 0 Å². The van der Waals surface area contributed by atoms with Crippen molar-refractivity contribution in [1.82, 2.24) is 14.8 Å². The zero-order chi connectivity index (χ0) is 14.4. The van der Waals surface area contributed by atoms with Crippen LogP contribution in [0.5, 0.6) is 11.5 Å². The molecule has 1 aromatic carbocycles. The number of hydrogen-bond acceptors (Lipinski definition) is 6. The summed E-state index contributed by atoms with van der Waals surface area (Å²) in [6, 6.07) is 7.28. The molecular weight excluding hydrogens is 262 g/mol. The van der Waals surface area contributed by atoms with Gasteiger partial charge in [0.05, 0.1) is 20.8 Å². The molecule has 0 amide bonds. The van der Waals surface area contributed by atoms with E-state index < -0.39 is 5.97 Å². The van der Waals surface area contributed by atoms with Gasteiger partial charge in [-0.05, 0) is 24.3 Å². The summed E-state index contributed by atoms with van der Waals surface area (Å²) in [5, 5.41) is 3.97. The Labute approximate surface area is 116 Å². The van der Waals surface area contributed by atoms with Crippen LogP contribution in [-0.2, 0) is 11.3 Å². The third kappa shape index (κ3) is 3.47. The maximum atomic E-state index is 11.2. The maximum absolute atomic E-state index is 11.2. The van der Waals surface area contributed by atoms with E-state index in [1.807, 2.05) is 24.3 Å². The lowest BCUT2D eigenvalue weighted by atomic mass is 10.3. The van der Waals surface area contributed by atoms with Crippen LogP contribution in [0.2, 0.25) is 0 Å². The molecule has 1 aromatic heterocycles. The van der Waals surface area contributed by atoms with Gasteiger partial charge >= 0.3 is 5.97 Å². The van der Waals surface area contributed by atoms with Gasteiger partial charge in [-0.2, -0.15) is 0 Å². The Bertz CT molecular complexity index is 565. The molecule has 7 heteroatoms. The molecule has 106 valence electrons.